The number of esters is 1. The Kier molecular flexibility index (Phi) is 6.87. The Balaban J connectivity index is 1.95. The fourth-order valence-electron chi connectivity index (χ4n) is 2.33. The first-order chi connectivity index (χ1) is 12.9. The van der Waals surface area contributed by atoms with Gasteiger partial charge in [0.2, 0.25) is 0 Å². The molecule has 2 rings (SSSR count). The van der Waals surface area contributed by atoms with Crippen molar-refractivity contribution in [2.24, 2.45) is 0 Å². The van der Waals surface area contributed by atoms with Crippen molar-refractivity contribution in [1.29, 1.82) is 0 Å². The number of nitro groups is 1. The predicted octanol–water partition coefficient (Wildman–Crippen LogP) is 3.24. The molecule has 0 unspecified atom stereocenters. The molecule has 0 saturated carbocycles. The van der Waals surface area contributed by atoms with Gasteiger partial charge in [-0.2, -0.15) is 0 Å². The minimum Gasteiger partial charge on any atom is -0.479 e. The summed E-state index contributed by atoms with van der Waals surface area (Å²) in [6, 6.07) is 13.2. The number of carbonyl (C=O) groups excluding carboxylic acids is 2. The molecule has 2 aromatic carbocycles. The number of anilines is 1. The third kappa shape index (κ3) is 5.53. The van der Waals surface area contributed by atoms with Gasteiger partial charge in [-0.3, -0.25) is 14.9 Å². The lowest BCUT2D eigenvalue weighted by atomic mass is 10.1. The highest BCUT2D eigenvalue weighted by Crippen LogP contribution is 2.27. The van der Waals surface area contributed by atoms with Crippen molar-refractivity contribution in [2.75, 3.05) is 11.9 Å². The smallest absolute Gasteiger partial charge is 0.347 e. The van der Waals surface area contributed by atoms with E-state index in [2.05, 4.69) is 5.32 Å². The number of benzene rings is 2. The van der Waals surface area contributed by atoms with Crippen LogP contribution < -0.4 is 10.1 Å². The van der Waals surface area contributed by atoms with Crippen molar-refractivity contribution in [3.05, 3.63) is 64.2 Å². The molecule has 0 aliphatic carbocycles. The van der Waals surface area contributed by atoms with Crippen LogP contribution in [0.15, 0.2) is 48.5 Å². The van der Waals surface area contributed by atoms with Crippen molar-refractivity contribution in [3.8, 4) is 5.75 Å². The highest BCUT2D eigenvalue weighted by atomic mass is 16.6. The number of amides is 1. The standard InChI is InChI=1S/C19H20N2O6/c1-3-16(27-14-9-5-4-6-10-14)19(23)26-12-17(22)20-18-13(2)8-7-11-15(18)21(24)25/h4-11,16H,3,12H2,1-2H3,(H,20,22)/t16-/m0/s1. The molecule has 8 heteroatoms. The topological polar surface area (TPSA) is 108 Å². The molecule has 142 valence electrons. The van der Waals surface area contributed by atoms with Crippen LogP contribution in [0, 0.1) is 17.0 Å². The first-order valence-corrected chi connectivity index (χ1v) is 8.34. The SMILES string of the molecule is CC[C@H](Oc1ccccc1)C(=O)OCC(=O)Nc1c(C)cccc1[N+](=O)[O-]. The van der Waals surface area contributed by atoms with Crippen LogP contribution >= 0.6 is 0 Å². The Bertz CT molecular complexity index is 822. The van der Waals surface area contributed by atoms with Gasteiger partial charge >= 0.3 is 5.97 Å². The van der Waals surface area contributed by atoms with Crippen molar-refractivity contribution in [2.45, 2.75) is 26.4 Å². The first kappa shape index (κ1) is 19.9. The molecule has 1 amide bonds. The van der Waals surface area contributed by atoms with Gasteiger partial charge in [-0.25, -0.2) is 4.79 Å². The fraction of sp³-hybridized carbons (Fsp3) is 0.263. The number of carbonyl (C=O) groups is 2. The maximum absolute atomic E-state index is 12.1. The van der Waals surface area contributed by atoms with Gasteiger partial charge in [0.05, 0.1) is 4.92 Å². The number of aryl methyl sites for hydroxylation is 1. The number of hydrogen-bond acceptors (Lipinski definition) is 6. The second kappa shape index (κ2) is 9.33. The lowest BCUT2D eigenvalue weighted by molar-refractivity contribution is -0.384. The van der Waals surface area contributed by atoms with E-state index in [1.54, 1.807) is 44.2 Å². The molecule has 0 aromatic heterocycles. The zero-order valence-electron chi connectivity index (χ0n) is 15.0. The molecule has 0 spiro atoms. The van der Waals surface area contributed by atoms with Gasteiger partial charge < -0.3 is 14.8 Å². The molecule has 0 radical (unpaired) electrons. The van der Waals surface area contributed by atoms with E-state index in [1.807, 2.05) is 6.07 Å². The number of nitro benzene ring substituents is 1. The molecule has 0 aliphatic heterocycles. The van der Waals surface area contributed by atoms with Crippen LogP contribution in [-0.2, 0) is 14.3 Å². The lowest BCUT2D eigenvalue weighted by Crippen LogP contribution is -2.31. The number of nitrogens with one attached hydrogen (secondary N) is 1. The van der Waals surface area contributed by atoms with Crippen LogP contribution in [0.5, 0.6) is 5.75 Å². The van der Waals surface area contributed by atoms with Crippen LogP contribution in [-0.4, -0.2) is 29.5 Å². The minimum atomic E-state index is -0.854. The van der Waals surface area contributed by atoms with Crippen molar-refractivity contribution in [1.82, 2.24) is 0 Å². The average Bonchev–Trinajstić information content (AvgIpc) is 2.66. The van der Waals surface area contributed by atoms with Gasteiger partial charge in [0, 0.05) is 6.07 Å². The molecule has 8 nitrogen and oxygen atoms in total. The molecular formula is C19H20N2O6. The van der Waals surface area contributed by atoms with E-state index in [1.165, 1.54) is 12.1 Å². The Morgan fingerprint density at radius 2 is 1.85 bits per heavy atom. The van der Waals surface area contributed by atoms with Crippen LogP contribution in [0.25, 0.3) is 0 Å². The highest BCUT2D eigenvalue weighted by Gasteiger charge is 2.22. The van der Waals surface area contributed by atoms with Crippen molar-refractivity contribution in [3.63, 3.8) is 0 Å². The number of para-hydroxylation sites is 2. The predicted molar refractivity (Wildman–Crippen MR) is 98.6 cm³/mol. The largest absolute Gasteiger partial charge is 0.479 e. The van der Waals surface area contributed by atoms with Gasteiger partial charge in [-0.05, 0) is 31.0 Å². The van der Waals surface area contributed by atoms with Gasteiger partial charge in [-0.1, -0.05) is 37.3 Å². The van der Waals surface area contributed by atoms with Gasteiger partial charge in [0.15, 0.2) is 12.7 Å². The van der Waals surface area contributed by atoms with E-state index in [0.29, 0.717) is 17.7 Å². The molecule has 0 fully saturated rings. The molecule has 27 heavy (non-hydrogen) atoms. The zero-order chi connectivity index (χ0) is 19.8. The van der Waals surface area contributed by atoms with Gasteiger partial charge in [0.1, 0.15) is 11.4 Å². The lowest BCUT2D eigenvalue weighted by Gasteiger charge is -2.16. The summed E-state index contributed by atoms with van der Waals surface area (Å²) in [4.78, 5) is 34.7. The second-order valence-electron chi connectivity index (χ2n) is 5.71. The number of nitrogens with zero attached hydrogens (tertiary/aromatic N) is 1. The number of rotatable bonds is 8. The van der Waals surface area contributed by atoms with E-state index in [9.17, 15) is 19.7 Å². The van der Waals surface area contributed by atoms with E-state index in [-0.39, 0.29) is 11.4 Å². The monoisotopic (exact) mass is 372 g/mol. The summed E-state index contributed by atoms with van der Waals surface area (Å²) in [6.45, 7) is 2.82. The zero-order valence-corrected chi connectivity index (χ0v) is 15.0. The summed E-state index contributed by atoms with van der Waals surface area (Å²) in [5, 5.41) is 13.5. The molecule has 0 bridgehead atoms. The molecule has 0 saturated heterocycles. The Labute approximate surface area is 156 Å². The average molecular weight is 372 g/mol. The number of ether oxygens (including phenoxy) is 2. The molecule has 1 atom stereocenters. The first-order valence-electron chi connectivity index (χ1n) is 8.34. The summed E-state index contributed by atoms with van der Waals surface area (Å²) >= 11 is 0. The van der Waals surface area contributed by atoms with Gasteiger partial charge in [-0.15, -0.1) is 0 Å². The third-order valence-electron chi connectivity index (χ3n) is 3.71. The quantitative estimate of drug-likeness (QED) is 0.433. The highest BCUT2D eigenvalue weighted by molar-refractivity contribution is 5.95. The normalized spacial score (nSPS) is 11.3. The van der Waals surface area contributed by atoms with Crippen LogP contribution in [0.3, 0.4) is 0 Å². The van der Waals surface area contributed by atoms with Crippen molar-refractivity contribution < 1.29 is 24.0 Å². The van der Waals surface area contributed by atoms with E-state index < -0.39 is 29.5 Å². The van der Waals surface area contributed by atoms with E-state index in [0.717, 1.165) is 0 Å². The van der Waals surface area contributed by atoms with Gasteiger partial charge in [0.25, 0.3) is 11.6 Å². The Hall–Kier alpha value is -3.42. The Morgan fingerprint density at radius 3 is 2.48 bits per heavy atom. The summed E-state index contributed by atoms with van der Waals surface area (Å²) in [5.74, 6) is -0.840. The van der Waals surface area contributed by atoms with Crippen LogP contribution in [0.2, 0.25) is 0 Å². The minimum absolute atomic E-state index is 0.0797. The molecule has 2 aromatic rings. The summed E-state index contributed by atoms with van der Waals surface area (Å²) < 4.78 is 10.5. The van der Waals surface area contributed by atoms with E-state index >= 15 is 0 Å². The van der Waals surface area contributed by atoms with E-state index in [4.69, 9.17) is 9.47 Å². The number of hydrogen-bond donors (Lipinski definition) is 1. The summed E-state index contributed by atoms with van der Waals surface area (Å²) in [6.07, 6.45) is -0.494. The summed E-state index contributed by atoms with van der Waals surface area (Å²) in [7, 11) is 0. The Morgan fingerprint density at radius 1 is 1.15 bits per heavy atom. The molecular weight excluding hydrogens is 352 g/mol. The second-order valence-corrected chi connectivity index (χ2v) is 5.71. The fourth-order valence-corrected chi connectivity index (χ4v) is 2.33. The maximum Gasteiger partial charge on any atom is 0.347 e. The third-order valence-corrected chi connectivity index (χ3v) is 3.71. The van der Waals surface area contributed by atoms with Crippen molar-refractivity contribution >= 4 is 23.3 Å². The maximum atomic E-state index is 12.1. The van der Waals surface area contributed by atoms with Crippen LogP contribution in [0.4, 0.5) is 11.4 Å². The van der Waals surface area contributed by atoms with Crippen LogP contribution in [0.1, 0.15) is 18.9 Å². The molecule has 1 N–H and O–H groups in total. The molecule has 0 heterocycles. The summed E-state index contributed by atoms with van der Waals surface area (Å²) in [5.41, 5.74) is 0.382. The molecule has 0 aliphatic rings.